The SMILES string of the molecule is c1ccc(-c2ccc(-n3c4ccccc4c4c3ccc3c5ccc6oc7ccccc7c6c5n(-c5nc(-c6ccccc6)c6ccccc6n5)c34)cc2)cc1. The third kappa shape index (κ3) is 4.35. The zero-order valence-electron chi connectivity index (χ0n) is 29.5. The lowest BCUT2D eigenvalue weighted by Crippen LogP contribution is -2.04. The Hall–Kier alpha value is -7.50. The molecule has 0 aliphatic heterocycles. The van der Waals surface area contributed by atoms with Crippen molar-refractivity contribution in [1.82, 2.24) is 19.1 Å². The van der Waals surface area contributed by atoms with Crippen LogP contribution in [0, 0.1) is 0 Å². The molecule has 5 nitrogen and oxygen atoms in total. The van der Waals surface area contributed by atoms with Crippen molar-refractivity contribution >= 4 is 76.5 Å². The summed E-state index contributed by atoms with van der Waals surface area (Å²) in [6.07, 6.45) is 0. The first-order valence-electron chi connectivity index (χ1n) is 18.6. The molecule has 0 aliphatic carbocycles. The van der Waals surface area contributed by atoms with Gasteiger partial charge >= 0.3 is 0 Å². The van der Waals surface area contributed by atoms with Gasteiger partial charge in [-0.25, -0.2) is 9.97 Å². The summed E-state index contributed by atoms with van der Waals surface area (Å²) < 4.78 is 11.2. The average molecular weight is 703 g/mol. The Balaban J connectivity index is 1.25. The van der Waals surface area contributed by atoms with Crippen molar-refractivity contribution in [2.24, 2.45) is 0 Å². The fraction of sp³-hybridized carbons (Fsp3) is 0. The Kier molecular flexibility index (Phi) is 6.27. The minimum atomic E-state index is 0.617. The highest BCUT2D eigenvalue weighted by molar-refractivity contribution is 6.30. The first-order valence-corrected chi connectivity index (χ1v) is 18.6. The number of furan rings is 1. The van der Waals surface area contributed by atoms with Gasteiger partial charge in [-0.15, -0.1) is 0 Å². The molecule has 0 saturated heterocycles. The molecule has 0 amide bonds. The van der Waals surface area contributed by atoms with E-state index in [0.29, 0.717) is 5.95 Å². The average Bonchev–Trinajstić information content (AvgIpc) is 3.91. The molecule has 4 aromatic heterocycles. The normalized spacial score (nSPS) is 12.0. The van der Waals surface area contributed by atoms with Crippen LogP contribution in [-0.4, -0.2) is 19.1 Å². The predicted molar refractivity (Wildman–Crippen MR) is 226 cm³/mol. The molecule has 0 unspecified atom stereocenters. The third-order valence-electron chi connectivity index (χ3n) is 11.1. The minimum Gasteiger partial charge on any atom is -0.456 e. The van der Waals surface area contributed by atoms with Gasteiger partial charge in [-0.05, 0) is 59.7 Å². The van der Waals surface area contributed by atoms with Gasteiger partial charge in [-0.1, -0.05) is 133 Å². The first-order chi connectivity index (χ1) is 27.3. The van der Waals surface area contributed by atoms with Gasteiger partial charge in [0.05, 0.1) is 38.7 Å². The van der Waals surface area contributed by atoms with Gasteiger partial charge in [0.2, 0.25) is 5.95 Å². The molecule has 0 radical (unpaired) electrons. The standard InChI is InChI=1S/C50H30N4O/c1-3-13-31(14-4-1)32-23-25-34(26-24-32)53-41-21-11-8-18-38(41)45-42(53)29-27-35-36-28-30-44-46(39-19-9-12-22-43(39)55-44)49(36)54(48(35)45)50-51-40-20-10-7-17-37(40)47(52-50)33-15-5-2-6-16-33/h1-30H. The fourth-order valence-electron chi connectivity index (χ4n) is 8.74. The Morgan fingerprint density at radius 1 is 0.364 bits per heavy atom. The van der Waals surface area contributed by atoms with Crippen molar-refractivity contribution in [1.29, 1.82) is 0 Å². The molecule has 0 N–H and O–H groups in total. The monoisotopic (exact) mass is 702 g/mol. The molecule has 12 aromatic rings. The number of benzene rings is 8. The molecule has 256 valence electrons. The van der Waals surface area contributed by atoms with Gasteiger partial charge in [0.25, 0.3) is 0 Å². The van der Waals surface area contributed by atoms with E-state index < -0.39 is 0 Å². The molecule has 8 aromatic carbocycles. The van der Waals surface area contributed by atoms with Crippen LogP contribution in [0.25, 0.3) is 110 Å². The van der Waals surface area contributed by atoms with Crippen LogP contribution in [0.1, 0.15) is 0 Å². The maximum Gasteiger partial charge on any atom is 0.235 e. The molecular weight excluding hydrogens is 673 g/mol. The van der Waals surface area contributed by atoms with Crippen molar-refractivity contribution in [2.75, 3.05) is 0 Å². The highest BCUT2D eigenvalue weighted by Gasteiger charge is 2.25. The van der Waals surface area contributed by atoms with E-state index >= 15 is 0 Å². The largest absolute Gasteiger partial charge is 0.456 e. The summed E-state index contributed by atoms with van der Waals surface area (Å²) >= 11 is 0. The van der Waals surface area contributed by atoms with Crippen LogP contribution >= 0.6 is 0 Å². The molecule has 0 saturated carbocycles. The lowest BCUT2D eigenvalue weighted by Gasteiger charge is -2.13. The molecule has 0 atom stereocenters. The van der Waals surface area contributed by atoms with Crippen LogP contribution in [0.4, 0.5) is 0 Å². The van der Waals surface area contributed by atoms with Gasteiger partial charge in [-0.2, -0.15) is 0 Å². The summed E-state index contributed by atoms with van der Waals surface area (Å²) in [6, 6.07) is 64.1. The lowest BCUT2D eigenvalue weighted by atomic mass is 10.1. The summed E-state index contributed by atoms with van der Waals surface area (Å²) in [7, 11) is 0. The van der Waals surface area contributed by atoms with Crippen molar-refractivity contribution in [3.8, 4) is 34.0 Å². The second-order valence-electron chi connectivity index (χ2n) is 14.1. The Morgan fingerprint density at radius 3 is 1.78 bits per heavy atom. The van der Waals surface area contributed by atoms with Crippen molar-refractivity contribution < 1.29 is 4.42 Å². The second-order valence-corrected chi connectivity index (χ2v) is 14.1. The van der Waals surface area contributed by atoms with Crippen molar-refractivity contribution in [3.05, 3.63) is 182 Å². The number of fused-ring (bicyclic) bond motifs is 12. The maximum absolute atomic E-state index is 6.51. The van der Waals surface area contributed by atoms with Gasteiger partial charge in [0, 0.05) is 43.6 Å². The zero-order chi connectivity index (χ0) is 36.0. The van der Waals surface area contributed by atoms with E-state index in [1.54, 1.807) is 0 Å². The quantitative estimate of drug-likeness (QED) is 0.183. The summed E-state index contributed by atoms with van der Waals surface area (Å²) in [5.41, 5.74) is 12.3. The molecule has 4 heterocycles. The molecule has 5 heteroatoms. The smallest absolute Gasteiger partial charge is 0.235 e. The third-order valence-corrected chi connectivity index (χ3v) is 11.1. The zero-order valence-corrected chi connectivity index (χ0v) is 29.5. The van der Waals surface area contributed by atoms with Gasteiger partial charge < -0.3 is 8.98 Å². The number of para-hydroxylation sites is 3. The maximum atomic E-state index is 6.51. The number of hydrogen-bond donors (Lipinski definition) is 0. The van der Waals surface area contributed by atoms with E-state index in [9.17, 15) is 0 Å². The van der Waals surface area contributed by atoms with E-state index in [-0.39, 0.29) is 0 Å². The van der Waals surface area contributed by atoms with E-state index in [0.717, 1.165) is 93.4 Å². The van der Waals surface area contributed by atoms with Gasteiger partial charge in [0.1, 0.15) is 11.2 Å². The molecule has 0 fully saturated rings. The molecule has 12 rings (SSSR count). The van der Waals surface area contributed by atoms with Crippen LogP contribution in [0.2, 0.25) is 0 Å². The topological polar surface area (TPSA) is 48.8 Å². The van der Waals surface area contributed by atoms with Crippen molar-refractivity contribution in [3.63, 3.8) is 0 Å². The molecule has 0 bridgehead atoms. The van der Waals surface area contributed by atoms with Crippen LogP contribution in [0.5, 0.6) is 0 Å². The van der Waals surface area contributed by atoms with Crippen LogP contribution in [0.3, 0.4) is 0 Å². The summed E-state index contributed by atoms with van der Waals surface area (Å²) in [5.74, 6) is 0.617. The lowest BCUT2D eigenvalue weighted by molar-refractivity contribution is 0.669. The van der Waals surface area contributed by atoms with E-state index in [4.69, 9.17) is 14.4 Å². The minimum absolute atomic E-state index is 0.617. The van der Waals surface area contributed by atoms with Gasteiger partial charge in [0.15, 0.2) is 0 Å². The number of aromatic nitrogens is 4. The molecule has 0 aliphatic rings. The molecular formula is C50H30N4O. The second kappa shape index (κ2) is 11.5. The summed E-state index contributed by atoms with van der Waals surface area (Å²) in [5, 5.41) is 7.70. The highest BCUT2D eigenvalue weighted by atomic mass is 16.3. The predicted octanol–water partition coefficient (Wildman–Crippen LogP) is 13.1. The van der Waals surface area contributed by atoms with Crippen LogP contribution < -0.4 is 0 Å². The number of nitrogens with zero attached hydrogens (tertiary/aromatic N) is 4. The van der Waals surface area contributed by atoms with E-state index in [2.05, 4.69) is 173 Å². The summed E-state index contributed by atoms with van der Waals surface area (Å²) in [4.78, 5) is 10.9. The fourth-order valence-corrected chi connectivity index (χ4v) is 8.74. The van der Waals surface area contributed by atoms with Crippen LogP contribution in [0.15, 0.2) is 186 Å². The number of rotatable bonds is 4. The molecule has 0 spiro atoms. The van der Waals surface area contributed by atoms with E-state index in [1.165, 1.54) is 11.1 Å². The van der Waals surface area contributed by atoms with E-state index in [1.807, 2.05) is 18.2 Å². The van der Waals surface area contributed by atoms with Crippen LogP contribution in [-0.2, 0) is 0 Å². The summed E-state index contributed by atoms with van der Waals surface area (Å²) in [6.45, 7) is 0. The first kappa shape index (κ1) is 30.0. The Bertz CT molecular complexity index is 3470. The van der Waals surface area contributed by atoms with Gasteiger partial charge in [-0.3, -0.25) is 4.57 Å². The number of hydrogen-bond acceptors (Lipinski definition) is 3. The molecule has 55 heavy (non-hydrogen) atoms. The Morgan fingerprint density at radius 2 is 0.982 bits per heavy atom. The van der Waals surface area contributed by atoms with Crippen molar-refractivity contribution in [2.45, 2.75) is 0 Å². The highest BCUT2D eigenvalue weighted by Crippen LogP contribution is 2.45. The Labute approximate surface area is 315 Å².